The van der Waals surface area contributed by atoms with Crippen molar-refractivity contribution in [3.8, 4) is 0 Å². The zero-order valence-corrected chi connectivity index (χ0v) is 43.7. The molecule has 372 valence electrons. The van der Waals surface area contributed by atoms with Crippen molar-refractivity contribution >= 4 is 52.8 Å². The van der Waals surface area contributed by atoms with E-state index < -0.39 is 58.5 Å². The third-order valence-corrected chi connectivity index (χ3v) is 19.4. The van der Waals surface area contributed by atoms with Crippen molar-refractivity contribution in [1.82, 2.24) is 16.0 Å². The molecule has 2 aliphatic rings. The quantitative estimate of drug-likeness (QED) is 0.0195. The Bertz CT molecular complexity index is 1640. The first-order chi connectivity index (χ1) is 30.0. The second-order valence-corrected chi connectivity index (χ2v) is 30.8. The van der Waals surface area contributed by atoms with Gasteiger partial charge in [0.25, 0.3) is 0 Å². The van der Waals surface area contributed by atoms with Gasteiger partial charge in [0, 0.05) is 49.9 Å². The van der Waals surface area contributed by atoms with Gasteiger partial charge in [0.1, 0.15) is 12.2 Å². The summed E-state index contributed by atoms with van der Waals surface area (Å²) in [4.78, 5) is 72.8. The number of carbonyl (C=O) groups is 6. The molecule has 0 heterocycles. The molecule has 0 aromatic carbocycles. The first-order valence-electron chi connectivity index (χ1n) is 23.3. The van der Waals surface area contributed by atoms with Gasteiger partial charge in [-0.15, -0.1) is 0 Å². The second kappa shape index (κ2) is 25.5. The van der Waals surface area contributed by atoms with Gasteiger partial charge in [0.05, 0.1) is 13.2 Å². The number of nitrogens with one attached hydrogen (secondary N) is 3. The molecule has 0 aromatic heterocycles. The van der Waals surface area contributed by atoms with Crippen molar-refractivity contribution in [2.75, 3.05) is 33.0 Å². The summed E-state index contributed by atoms with van der Waals surface area (Å²) < 4.78 is 39.2. The van der Waals surface area contributed by atoms with Gasteiger partial charge in [-0.25, -0.2) is 24.0 Å². The Hall–Kier alpha value is -3.59. The predicted octanol–water partition coefficient (Wildman–Crippen LogP) is 9.10. The van der Waals surface area contributed by atoms with E-state index in [1.54, 1.807) is 6.92 Å². The van der Waals surface area contributed by atoms with Gasteiger partial charge in [-0.3, -0.25) is 4.79 Å². The molecule has 2 fully saturated rings. The van der Waals surface area contributed by atoms with E-state index in [1.165, 1.54) is 0 Å². The van der Waals surface area contributed by atoms with Gasteiger partial charge < -0.3 is 48.5 Å². The lowest BCUT2D eigenvalue weighted by Crippen LogP contribution is -2.54. The van der Waals surface area contributed by atoms with Gasteiger partial charge in [-0.05, 0) is 139 Å². The Labute approximate surface area is 391 Å². The molecule has 16 nitrogen and oxygen atoms in total. The Kier molecular flexibility index (Phi) is 22.6. The van der Waals surface area contributed by atoms with Crippen LogP contribution in [0.3, 0.4) is 0 Å². The van der Waals surface area contributed by atoms with E-state index in [-0.39, 0.29) is 53.3 Å². The minimum absolute atomic E-state index is 0.0732. The lowest BCUT2D eigenvalue weighted by molar-refractivity contribution is -0.152. The summed E-state index contributed by atoms with van der Waals surface area (Å²) in [6, 6.07) is 1.69. The Morgan fingerprint density at radius 3 is 1.77 bits per heavy atom. The highest BCUT2D eigenvalue weighted by Crippen LogP contribution is 2.49. The third-order valence-electron chi connectivity index (χ3n) is 11.8. The summed E-state index contributed by atoms with van der Waals surface area (Å²) in [5.74, 6) is -1.82. The minimum atomic E-state index is -1.97. The molecule has 2 saturated carbocycles. The third kappa shape index (κ3) is 24.1. The maximum absolute atomic E-state index is 12.8. The summed E-state index contributed by atoms with van der Waals surface area (Å²) in [6.07, 6.45) is 5.90. The molecule has 2 aliphatic carbocycles. The van der Waals surface area contributed by atoms with Crippen LogP contribution >= 0.6 is 0 Å². The van der Waals surface area contributed by atoms with Crippen LogP contribution in [-0.4, -0.2) is 110 Å². The highest BCUT2D eigenvalue weighted by Gasteiger charge is 2.44. The average molecular weight is 954 g/mol. The molecule has 0 bridgehead atoms. The van der Waals surface area contributed by atoms with Crippen molar-refractivity contribution < 1.29 is 61.3 Å². The number of esters is 3. The van der Waals surface area contributed by atoms with Gasteiger partial charge in [0.2, 0.25) is 0 Å². The molecule has 0 spiro atoms. The number of hydrogen-bond acceptors (Lipinski definition) is 13. The fourth-order valence-corrected chi connectivity index (χ4v) is 19.1. The van der Waals surface area contributed by atoms with E-state index in [0.29, 0.717) is 52.0 Å². The van der Waals surface area contributed by atoms with E-state index in [1.807, 2.05) is 13.8 Å². The van der Waals surface area contributed by atoms with Crippen LogP contribution in [0.2, 0.25) is 38.3 Å². The zero-order chi connectivity index (χ0) is 49.3. The normalized spacial score (nSPS) is 23.7. The van der Waals surface area contributed by atoms with Crippen LogP contribution in [-0.2, 0) is 46.9 Å². The fraction of sp³-hybridized carbons (Fsp3) is 0.787. The monoisotopic (exact) mass is 954 g/mol. The SMILES string of the molecule is C=CC(=O)OC(=O)NC1CC(C)(C)CC(C)(CCC(=O)OC(C)COCCC[Si](C)(C)O[Si](C)(C)CCCOCC(C)OC(=O)NCC2CC(C)(C)CC(C)(NC(=O)OC(=O)C=C)C2)C1. The lowest BCUT2D eigenvalue weighted by Gasteiger charge is -2.46. The van der Waals surface area contributed by atoms with E-state index in [9.17, 15) is 28.8 Å². The van der Waals surface area contributed by atoms with Crippen molar-refractivity contribution in [2.24, 2.45) is 22.2 Å². The molecule has 65 heavy (non-hydrogen) atoms. The molecule has 3 N–H and O–H groups in total. The highest BCUT2D eigenvalue weighted by atomic mass is 28.4. The van der Waals surface area contributed by atoms with Gasteiger partial charge in [-0.1, -0.05) is 47.8 Å². The molecule has 6 unspecified atom stereocenters. The number of alkyl carbamates (subject to hydrolysis) is 3. The molecular weight excluding hydrogens is 871 g/mol. The second-order valence-electron chi connectivity index (χ2n) is 21.9. The maximum Gasteiger partial charge on any atom is 0.415 e. The summed E-state index contributed by atoms with van der Waals surface area (Å²) in [5, 5.41) is 8.52. The molecule has 3 amide bonds. The van der Waals surface area contributed by atoms with E-state index in [2.05, 4.69) is 89.9 Å². The standard InChI is InChI=1S/C47H83N3O13Si2/c1-15-38(51)61-42(55)49-37-27-45(7,8)32-46(9,28-37)20-19-40(53)59-34(3)30-57-21-17-23-64(11,12)63-65(13,14)24-18-22-58-31-35(4)60-41(54)48-29-36-25-44(5,6)33-47(10,26-36)50-43(56)62-39(52)16-2/h15-16,34-37H,1-2,17-33H2,3-14H3,(H,48,54)(H,49,55)(H,50,56). The predicted molar refractivity (Wildman–Crippen MR) is 254 cm³/mol. The van der Waals surface area contributed by atoms with E-state index in [0.717, 1.165) is 56.3 Å². The molecule has 0 aromatic rings. The minimum Gasteiger partial charge on any atom is -0.460 e. The Balaban J connectivity index is 1.62. The smallest absolute Gasteiger partial charge is 0.415 e. The van der Waals surface area contributed by atoms with Gasteiger partial charge >= 0.3 is 36.2 Å². The lowest BCUT2D eigenvalue weighted by atomic mass is 9.61. The van der Waals surface area contributed by atoms with Crippen molar-refractivity contribution in [2.45, 2.75) is 182 Å². The number of amides is 3. The van der Waals surface area contributed by atoms with Crippen LogP contribution in [0.5, 0.6) is 0 Å². The van der Waals surface area contributed by atoms with Crippen LogP contribution in [0.25, 0.3) is 0 Å². The van der Waals surface area contributed by atoms with E-state index >= 15 is 0 Å². The van der Waals surface area contributed by atoms with Crippen LogP contribution in [0, 0.1) is 22.2 Å². The summed E-state index contributed by atoms with van der Waals surface area (Å²) in [6.45, 7) is 33.8. The molecule has 0 saturated heterocycles. The molecule has 2 rings (SSSR count). The summed E-state index contributed by atoms with van der Waals surface area (Å²) in [5.41, 5.74) is -1.02. The molecule has 0 aliphatic heterocycles. The fourth-order valence-electron chi connectivity index (χ4n) is 10.3. The largest absolute Gasteiger partial charge is 0.460 e. The van der Waals surface area contributed by atoms with Crippen molar-refractivity contribution in [1.29, 1.82) is 0 Å². The molecule has 18 heteroatoms. The number of carbonyl (C=O) groups excluding carboxylic acids is 6. The van der Waals surface area contributed by atoms with Crippen LogP contribution in [0.15, 0.2) is 25.3 Å². The van der Waals surface area contributed by atoms with Crippen LogP contribution < -0.4 is 16.0 Å². The number of hydrogen-bond donors (Lipinski definition) is 3. The van der Waals surface area contributed by atoms with Gasteiger partial charge in [0.15, 0.2) is 16.6 Å². The first kappa shape index (κ1) is 57.5. The Morgan fingerprint density at radius 1 is 0.692 bits per heavy atom. The summed E-state index contributed by atoms with van der Waals surface area (Å²) >= 11 is 0. The summed E-state index contributed by atoms with van der Waals surface area (Å²) in [7, 11) is -3.93. The molecule has 0 radical (unpaired) electrons. The highest BCUT2D eigenvalue weighted by molar-refractivity contribution is 6.84. The molecule has 6 atom stereocenters. The van der Waals surface area contributed by atoms with Gasteiger partial charge in [-0.2, -0.15) is 0 Å². The topological polar surface area (TPSA) is 203 Å². The first-order valence-corrected chi connectivity index (χ1v) is 29.5. The Morgan fingerprint density at radius 2 is 1.22 bits per heavy atom. The van der Waals surface area contributed by atoms with E-state index in [4.69, 9.17) is 32.5 Å². The maximum atomic E-state index is 12.8. The van der Waals surface area contributed by atoms with Crippen LogP contribution in [0.1, 0.15) is 120 Å². The van der Waals surface area contributed by atoms with Crippen molar-refractivity contribution in [3.05, 3.63) is 25.3 Å². The van der Waals surface area contributed by atoms with Crippen molar-refractivity contribution in [3.63, 3.8) is 0 Å². The number of ether oxygens (including phenoxy) is 6. The zero-order valence-electron chi connectivity index (χ0n) is 41.7. The molecular formula is C47H83N3O13Si2. The van der Waals surface area contributed by atoms with Crippen LogP contribution in [0.4, 0.5) is 14.4 Å². The average Bonchev–Trinajstić information content (AvgIpc) is 3.13. The number of rotatable bonds is 25.